The molecule has 112 valence electrons. The van der Waals surface area contributed by atoms with Crippen molar-refractivity contribution < 1.29 is 9.53 Å². The zero-order chi connectivity index (χ0) is 14.4. The minimum absolute atomic E-state index is 0.0266. The van der Waals surface area contributed by atoms with E-state index in [-0.39, 0.29) is 11.9 Å². The number of aromatic nitrogens is 2. The number of carbonyl (C=O) groups is 1. The van der Waals surface area contributed by atoms with Crippen LogP contribution in [-0.2, 0) is 9.53 Å². The van der Waals surface area contributed by atoms with E-state index in [2.05, 4.69) is 15.3 Å². The SMILES string of the molecule is Cc1ccnn1C(C)C(=O)NCCCN1CCOCC1. The summed E-state index contributed by atoms with van der Waals surface area (Å²) < 4.78 is 7.05. The molecular formula is C14H24N4O2. The summed E-state index contributed by atoms with van der Waals surface area (Å²) in [5.74, 6) is 0.0266. The van der Waals surface area contributed by atoms with Gasteiger partial charge in [-0.05, 0) is 32.9 Å². The Hall–Kier alpha value is -1.40. The second-order valence-corrected chi connectivity index (χ2v) is 5.19. The van der Waals surface area contributed by atoms with Gasteiger partial charge in [-0.15, -0.1) is 0 Å². The van der Waals surface area contributed by atoms with Gasteiger partial charge >= 0.3 is 0 Å². The number of hydrogen-bond donors (Lipinski definition) is 1. The number of amides is 1. The minimum Gasteiger partial charge on any atom is -0.379 e. The van der Waals surface area contributed by atoms with Crippen molar-refractivity contribution in [3.05, 3.63) is 18.0 Å². The Morgan fingerprint density at radius 1 is 1.50 bits per heavy atom. The first kappa shape index (κ1) is 15.0. The quantitative estimate of drug-likeness (QED) is 0.775. The Kier molecular flexibility index (Phi) is 5.55. The number of nitrogens with one attached hydrogen (secondary N) is 1. The second kappa shape index (κ2) is 7.40. The summed E-state index contributed by atoms with van der Waals surface area (Å²) in [5, 5.41) is 7.15. The molecule has 20 heavy (non-hydrogen) atoms. The summed E-state index contributed by atoms with van der Waals surface area (Å²) in [6.07, 6.45) is 2.69. The van der Waals surface area contributed by atoms with Gasteiger partial charge < -0.3 is 10.1 Å². The standard InChI is InChI=1S/C14H24N4O2/c1-12-4-6-16-18(12)13(2)14(19)15-5-3-7-17-8-10-20-11-9-17/h4,6,13H,3,5,7-11H2,1-2H3,(H,15,19). The molecule has 1 unspecified atom stereocenters. The van der Waals surface area contributed by atoms with Gasteiger partial charge in [0.15, 0.2) is 0 Å². The maximum absolute atomic E-state index is 12.0. The van der Waals surface area contributed by atoms with Gasteiger partial charge in [-0.2, -0.15) is 5.10 Å². The largest absolute Gasteiger partial charge is 0.379 e. The molecule has 6 nitrogen and oxygen atoms in total. The van der Waals surface area contributed by atoms with Crippen molar-refractivity contribution in [3.8, 4) is 0 Å². The lowest BCUT2D eigenvalue weighted by atomic mass is 10.3. The van der Waals surface area contributed by atoms with Crippen LogP contribution in [0.3, 0.4) is 0 Å². The van der Waals surface area contributed by atoms with Crippen LogP contribution in [0, 0.1) is 6.92 Å². The summed E-state index contributed by atoms with van der Waals surface area (Å²) >= 11 is 0. The first-order valence-electron chi connectivity index (χ1n) is 7.26. The third-order valence-electron chi connectivity index (χ3n) is 3.67. The fourth-order valence-electron chi connectivity index (χ4n) is 2.38. The molecule has 2 heterocycles. The molecule has 1 aliphatic rings. The monoisotopic (exact) mass is 280 g/mol. The topological polar surface area (TPSA) is 59.4 Å². The highest BCUT2D eigenvalue weighted by atomic mass is 16.5. The molecule has 0 radical (unpaired) electrons. The van der Waals surface area contributed by atoms with E-state index in [1.165, 1.54) is 0 Å². The van der Waals surface area contributed by atoms with Gasteiger partial charge in [0.05, 0.1) is 13.2 Å². The zero-order valence-corrected chi connectivity index (χ0v) is 12.3. The van der Waals surface area contributed by atoms with Gasteiger partial charge in [-0.25, -0.2) is 0 Å². The molecule has 0 aliphatic carbocycles. The number of ether oxygens (including phenoxy) is 1. The van der Waals surface area contributed by atoms with Crippen LogP contribution in [0.15, 0.2) is 12.3 Å². The van der Waals surface area contributed by atoms with Crippen LogP contribution >= 0.6 is 0 Å². The Balaban J connectivity index is 1.66. The highest BCUT2D eigenvalue weighted by Crippen LogP contribution is 2.07. The molecule has 2 rings (SSSR count). The number of rotatable bonds is 6. The molecule has 0 aromatic carbocycles. The van der Waals surface area contributed by atoms with Crippen molar-refractivity contribution in [2.24, 2.45) is 0 Å². The van der Waals surface area contributed by atoms with Crippen molar-refractivity contribution in [1.82, 2.24) is 20.0 Å². The van der Waals surface area contributed by atoms with E-state index in [4.69, 9.17) is 4.74 Å². The van der Waals surface area contributed by atoms with E-state index >= 15 is 0 Å². The lowest BCUT2D eigenvalue weighted by molar-refractivity contribution is -0.124. The van der Waals surface area contributed by atoms with Crippen LogP contribution in [-0.4, -0.2) is 60.0 Å². The molecule has 1 aromatic rings. The summed E-state index contributed by atoms with van der Waals surface area (Å²) in [4.78, 5) is 14.4. The first-order valence-corrected chi connectivity index (χ1v) is 7.26. The van der Waals surface area contributed by atoms with Gasteiger partial charge in [0.1, 0.15) is 6.04 Å². The Labute approximate surface area is 120 Å². The van der Waals surface area contributed by atoms with Crippen molar-refractivity contribution in [1.29, 1.82) is 0 Å². The maximum atomic E-state index is 12.0. The van der Waals surface area contributed by atoms with Gasteiger partial charge in [0, 0.05) is 31.5 Å². The Morgan fingerprint density at radius 3 is 2.90 bits per heavy atom. The van der Waals surface area contributed by atoms with Crippen molar-refractivity contribution in [3.63, 3.8) is 0 Å². The van der Waals surface area contributed by atoms with Crippen LogP contribution < -0.4 is 5.32 Å². The molecule has 1 aliphatic heterocycles. The minimum atomic E-state index is -0.256. The lowest BCUT2D eigenvalue weighted by Crippen LogP contribution is -2.39. The smallest absolute Gasteiger partial charge is 0.244 e. The van der Waals surface area contributed by atoms with Crippen molar-refractivity contribution in [2.45, 2.75) is 26.3 Å². The van der Waals surface area contributed by atoms with E-state index in [0.29, 0.717) is 6.54 Å². The molecule has 6 heteroatoms. The molecule has 1 fully saturated rings. The molecule has 1 amide bonds. The van der Waals surface area contributed by atoms with Crippen molar-refractivity contribution >= 4 is 5.91 Å². The number of aryl methyl sites for hydroxylation is 1. The first-order chi connectivity index (χ1) is 9.68. The molecule has 1 saturated heterocycles. The summed E-state index contributed by atoms with van der Waals surface area (Å²) in [5.41, 5.74) is 1.00. The van der Waals surface area contributed by atoms with Crippen LogP contribution in [0.4, 0.5) is 0 Å². The van der Waals surface area contributed by atoms with Gasteiger partial charge in [0.2, 0.25) is 5.91 Å². The molecule has 0 saturated carbocycles. The van der Waals surface area contributed by atoms with E-state index in [1.54, 1.807) is 10.9 Å². The Morgan fingerprint density at radius 2 is 2.25 bits per heavy atom. The van der Waals surface area contributed by atoms with Crippen LogP contribution in [0.5, 0.6) is 0 Å². The highest BCUT2D eigenvalue weighted by Gasteiger charge is 2.16. The van der Waals surface area contributed by atoms with Gasteiger partial charge in [-0.3, -0.25) is 14.4 Å². The highest BCUT2D eigenvalue weighted by molar-refractivity contribution is 5.79. The molecule has 1 aromatic heterocycles. The lowest BCUT2D eigenvalue weighted by Gasteiger charge is -2.26. The van der Waals surface area contributed by atoms with E-state index < -0.39 is 0 Å². The Bertz CT molecular complexity index is 427. The second-order valence-electron chi connectivity index (χ2n) is 5.19. The number of hydrogen-bond acceptors (Lipinski definition) is 4. The number of carbonyl (C=O) groups excluding carboxylic acids is 1. The molecule has 0 bridgehead atoms. The normalized spacial score (nSPS) is 17.9. The third kappa shape index (κ3) is 4.05. The molecular weight excluding hydrogens is 256 g/mol. The fourth-order valence-corrected chi connectivity index (χ4v) is 2.38. The van der Waals surface area contributed by atoms with Crippen LogP contribution in [0.2, 0.25) is 0 Å². The average Bonchev–Trinajstić information content (AvgIpc) is 2.90. The van der Waals surface area contributed by atoms with Gasteiger partial charge in [-0.1, -0.05) is 0 Å². The zero-order valence-electron chi connectivity index (χ0n) is 12.3. The van der Waals surface area contributed by atoms with E-state index in [0.717, 1.165) is 45.0 Å². The predicted molar refractivity (Wildman–Crippen MR) is 76.6 cm³/mol. The average molecular weight is 280 g/mol. The van der Waals surface area contributed by atoms with Crippen molar-refractivity contribution in [2.75, 3.05) is 39.4 Å². The third-order valence-corrected chi connectivity index (χ3v) is 3.67. The fraction of sp³-hybridized carbons (Fsp3) is 0.714. The number of nitrogens with zero attached hydrogens (tertiary/aromatic N) is 3. The number of morpholine rings is 1. The van der Waals surface area contributed by atoms with Gasteiger partial charge in [0.25, 0.3) is 0 Å². The molecule has 0 spiro atoms. The molecule has 1 N–H and O–H groups in total. The maximum Gasteiger partial charge on any atom is 0.244 e. The van der Waals surface area contributed by atoms with E-state index in [1.807, 2.05) is 19.9 Å². The predicted octanol–water partition coefficient (Wildman–Crippen LogP) is 0.591. The summed E-state index contributed by atoms with van der Waals surface area (Å²) in [6, 6.07) is 1.65. The summed E-state index contributed by atoms with van der Waals surface area (Å²) in [6.45, 7) is 9.18. The molecule has 1 atom stereocenters. The van der Waals surface area contributed by atoms with Crippen LogP contribution in [0.1, 0.15) is 25.1 Å². The van der Waals surface area contributed by atoms with E-state index in [9.17, 15) is 4.79 Å². The van der Waals surface area contributed by atoms with Crippen LogP contribution in [0.25, 0.3) is 0 Å². The summed E-state index contributed by atoms with van der Waals surface area (Å²) in [7, 11) is 0.